The maximum Gasteiger partial charge on any atom is 0.258 e. The molecule has 104 valence electrons. The Hall–Kier alpha value is -2.35. The second kappa shape index (κ2) is 4.32. The summed E-state index contributed by atoms with van der Waals surface area (Å²) < 4.78 is 1.93. The van der Waals surface area contributed by atoms with Gasteiger partial charge in [0.15, 0.2) is 0 Å². The van der Waals surface area contributed by atoms with Crippen LogP contribution >= 0.6 is 0 Å². The molecule has 0 radical (unpaired) electrons. The Morgan fingerprint density at radius 1 is 1.00 bits per heavy atom. The zero-order chi connectivity index (χ0) is 14.6. The fourth-order valence-corrected chi connectivity index (χ4v) is 3.30. The van der Waals surface area contributed by atoms with Gasteiger partial charge in [-0.25, -0.2) is 0 Å². The van der Waals surface area contributed by atoms with Crippen molar-refractivity contribution in [2.75, 3.05) is 0 Å². The number of fused-ring (bicyclic) bond motifs is 4. The molecule has 0 fully saturated rings. The van der Waals surface area contributed by atoms with Crippen molar-refractivity contribution in [2.45, 2.75) is 26.8 Å². The molecule has 0 amide bonds. The molecule has 2 nitrogen and oxygen atoms in total. The topological polar surface area (TPSA) is 22.0 Å². The summed E-state index contributed by atoms with van der Waals surface area (Å²) in [6.07, 6.45) is 0.932. The third kappa shape index (κ3) is 1.75. The van der Waals surface area contributed by atoms with Gasteiger partial charge in [0.1, 0.15) is 0 Å². The Labute approximate surface area is 123 Å². The molecule has 3 aromatic rings. The van der Waals surface area contributed by atoms with Gasteiger partial charge in [-0.3, -0.25) is 4.79 Å². The van der Waals surface area contributed by atoms with Crippen LogP contribution in [0.4, 0.5) is 0 Å². The summed E-state index contributed by atoms with van der Waals surface area (Å²) in [6, 6.07) is 14.5. The van der Waals surface area contributed by atoms with Crippen molar-refractivity contribution in [3.05, 3.63) is 69.5 Å². The average Bonchev–Trinajstić information content (AvgIpc) is 2.49. The van der Waals surface area contributed by atoms with E-state index in [1.807, 2.05) is 28.8 Å². The number of benzene rings is 2. The SMILES string of the molecule is Cc1cc2c(cc1C)-c1cc3ccccc3c(=O)n1CC2. The van der Waals surface area contributed by atoms with Gasteiger partial charge in [-0.1, -0.05) is 24.3 Å². The number of hydrogen-bond donors (Lipinski definition) is 0. The standard InChI is InChI=1S/C19H17NO/c1-12-9-15-7-8-20-18(17(15)10-13(12)2)11-14-5-3-4-6-16(14)19(20)21/h3-6,9-11H,7-8H2,1-2H3. The van der Waals surface area contributed by atoms with Crippen LogP contribution in [0.15, 0.2) is 47.3 Å². The molecule has 4 rings (SSSR count). The molecule has 0 saturated carbocycles. The highest BCUT2D eigenvalue weighted by atomic mass is 16.1. The Balaban J connectivity index is 2.11. The predicted octanol–water partition coefficient (Wildman–Crippen LogP) is 3.84. The van der Waals surface area contributed by atoms with Gasteiger partial charge in [0, 0.05) is 17.5 Å². The highest BCUT2D eigenvalue weighted by Gasteiger charge is 2.19. The molecule has 0 N–H and O–H groups in total. The second-order valence-electron chi connectivity index (χ2n) is 5.92. The summed E-state index contributed by atoms with van der Waals surface area (Å²) in [6.45, 7) is 5.06. The fourth-order valence-electron chi connectivity index (χ4n) is 3.30. The van der Waals surface area contributed by atoms with E-state index in [9.17, 15) is 4.79 Å². The van der Waals surface area contributed by atoms with Crippen LogP contribution in [0.5, 0.6) is 0 Å². The van der Waals surface area contributed by atoms with E-state index >= 15 is 0 Å². The van der Waals surface area contributed by atoms with E-state index in [2.05, 4.69) is 32.0 Å². The molecule has 0 unspecified atom stereocenters. The van der Waals surface area contributed by atoms with Gasteiger partial charge >= 0.3 is 0 Å². The molecule has 1 aromatic heterocycles. The first kappa shape index (κ1) is 12.4. The highest BCUT2D eigenvalue weighted by molar-refractivity contribution is 5.86. The first-order chi connectivity index (χ1) is 10.1. The lowest BCUT2D eigenvalue weighted by Crippen LogP contribution is -2.26. The molecule has 1 aliphatic rings. The summed E-state index contributed by atoms with van der Waals surface area (Å²) in [5, 5.41) is 1.84. The molecule has 0 spiro atoms. The van der Waals surface area contributed by atoms with Crippen LogP contribution in [0, 0.1) is 13.8 Å². The smallest absolute Gasteiger partial charge is 0.258 e. The Morgan fingerprint density at radius 3 is 2.62 bits per heavy atom. The number of hydrogen-bond acceptors (Lipinski definition) is 1. The second-order valence-corrected chi connectivity index (χ2v) is 5.92. The molecule has 2 heterocycles. The number of aromatic nitrogens is 1. The zero-order valence-corrected chi connectivity index (χ0v) is 12.3. The molecular formula is C19H17NO. The normalized spacial score (nSPS) is 13.0. The Morgan fingerprint density at radius 2 is 1.76 bits per heavy atom. The lowest BCUT2D eigenvalue weighted by atomic mass is 9.92. The molecule has 2 heteroatoms. The quantitative estimate of drug-likeness (QED) is 0.611. The molecule has 21 heavy (non-hydrogen) atoms. The van der Waals surface area contributed by atoms with Crippen molar-refractivity contribution >= 4 is 10.8 Å². The van der Waals surface area contributed by atoms with Gasteiger partial charge in [0.25, 0.3) is 5.56 Å². The minimum absolute atomic E-state index is 0.131. The molecule has 1 aliphatic heterocycles. The van der Waals surface area contributed by atoms with Crippen molar-refractivity contribution in [3.63, 3.8) is 0 Å². The minimum Gasteiger partial charge on any atom is -0.307 e. The zero-order valence-electron chi connectivity index (χ0n) is 12.3. The first-order valence-electron chi connectivity index (χ1n) is 7.38. The van der Waals surface area contributed by atoms with Crippen molar-refractivity contribution < 1.29 is 0 Å². The van der Waals surface area contributed by atoms with Gasteiger partial charge in [-0.2, -0.15) is 0 Å². The van der Waals surface area contributed by atoms with E-state index in [0.717, 1.165) is 29.4 Å². The van der Waals surface area contributed by atoms with E-state index in [0.29, 0.717) is 0 Å². The van der Waals surface area contributed by atoms with E-state index < -0.39 is 0 Å². The third-order valence-corrected chi connectivity index (χ3v) is 4.62. The largest absolute Gasteiger partial charge is 0.307 e. The first-order valence-corrected chi connectivity index (χ1v) is 7.38. The van der Waals surface area contributed by atoms with Crippen LogP contribution in [0.1, 0.15) is 16.7 Å². The molecular weight excluding hydrogens is 258 g/mol. The van der Waals surface area contributed by atoms with Gasteiger partial charge < -0.3 is 4.57 Å². The number of nitrogens with zero attached hydrogens (tertiary/aromatic N) is 1. The minimum atomic E-state index is 0.131. The summed E-state index contributed by atoms with van der Waals surface area (Å²) >= 11 is 0. The average molecular weight is 275 g/mol. The summed E-state index contributed by atoms with van der Waals surface area (Å²) in [7, 11) is 0. The monoisotopic (exact) mass is 275 g/mol. The van der Waals surface area contributed by atoms with E-state index in [1.165, 1.54) is 22.3 Å². The van der Waals surface area contributed by atoms with Crippen molar-refractivity contribution in [1.29, 1.82) is 0 Å². The third-order valence-electron chi connectivity index (χ3n) is 4.62. The van der Waals surface area contributed by atoms with E-state index in [-0.39, 0.29) is 5.56 Å². The van der Waals surface area contributed by atoms with Crippen LogP contribution in [0.2, 0.25) is 0 Å². The number of pyridine rings is 1. The van der Waals surface area contributed by atoms with Crippen LogP contribution in [-0.2, 0) is 13.0 Å². The summed E-state index contributed by atoms with van der Waals surface area (Å²) in [5.74, 6) is 0. The Bertz CT molecular complexity index is 934. The van der Waals surface area contributed by atoms with Gasteiger partial charge in [-0.05, 0) is 60.5 Å². The van der Waals surface area contributed by atoms with E-state index in [1.54, 1.807) is 0 Å². The molecule has 0 atom stereocenters. The van der Waals surface area contributed by atoms with Gasteiger partial charge in [0.05, 0.1) is 5.69 Å². The Kier molecular flexibility index (Phi) is 2.55. The van der Waals surface area contributed by atoms with Crippen molar-refractivity contribution in [3.8, 4) is 11.3 Å². The van der Waals surface area contributed by atoms with Gasteiger partial charge in [-0.15, -0.1) is 0 Å². The lowest BCUT2D eigenvalue weighted by molar-refractivity contribution is 0.664. The number of rotatable bonds is 0. The molecule has 0 aliphatic carbocycles. The summed E-state index contributed by atoms with van der Waals surface area (Å²) in [5.41, 5.74) is 6.36. The van der Waals surface area contributed by atoms with Crippen molar-refractivity contribution in [1.82, 2.24) is 4.57 Å². The predicted molar refractivity (Wildman–Crippen MR) is 86.8 cm³/mol. The molecule has 2 aromatic carbocycles. The van der Waals surface area contributed by atoms with Crippen LogP contribution in [-0.4, -0.2) is 4.57 Å². The van der Waals surface area contributed by atoms with Crippen LogP contribution in [0.3, 0.4) is 0 Å². The fraction of sp³-hybridized carbons (Fsp3) is 0.211. The molecule has 0 saturated heterocycles. The molecule has 0 bridgehead atoms. The maximum absolute atomic E-state index is 12.7. The van der Waals surface area contributed by atoms with E-state index in [4.69, 9.17) is 0 Å². The van der Waals surface area contributed by atoms with Gasteiger partial charge in [0.2, 0.25) is 0 Å². The lowest BCUT2D eigenvalue weighted by Gasteiger charge is -2.23. The van der Waals surface area contributed by atoms with Crippen LogP contribution < -0.4 is 5.56 Å². The van der Waals surface area contributed by atoms with Crippen molar-refractivity contribution in [2.24, 2.45) is 0 Å². The summed E-state index contributed by atoms with van der Waals surface area (Å²) in [4.78, 5) is 12.7. The highest BCUT2D eigenvalue weighted by Crippen LogP contribution is 2.32. The maximum atomic E-state index is 12.7. The number of aryl methyl sites for hydroxylation is 3. The van der Waals surface area contributed by atoms with Crippen LogP contribution in [0.25, 0.3) is 22.0 Å².